The van der Waals surface area contributed by atoms with Crippen LogP contribution >= 0.6 is 0 Å². The van der Waals surface area contributed by atoms with Gasteiger partial charge in [0.05, 0.1) is 0 Å². The Labute approximate surface area is 125 Å². The van der Waals surface area contributed by atoms with E-state index < -0.39 is 15.8 Å². The standard InChI is InChI=1S/C14H22FN3O2S/c1-12-3-4-14(13(15)11-12)21(19,20)17-5-2-8-18-9-6-16-7-10-18/h3-4,11,16-17H,2,5-10H2,1H3. The Hall–Kier alpha value is -1.02. The van der Waals surface area contributed by atoms with Crippen molar-refractivity contribution < 1.29 is 12.8 Å². The van der Waals surface area contributed by atoms with Gasteiger partial charge in [0.2, 0.25) is 10.0 Å². The topological polar surface area (TPSA) is 61.4 Å². The lowest BCUT2D eigenvalue weighted by atomic mass is 10.2. The fourth-order valence-corrected chi connectivity index (χ4v) is 3.48. The zero-order valence-corrected chi connectivity index (χ0v) is 13.0. The molecule has 0 atom stereocenters. The highest BCUT2D eigenvalue weighted by Crippen LogP contribution is 2.15. The van der Waals surface area contributed by atoms with Crippen molar-refractivity contribution in [2.45, 2.75) is 18.2 Å². The normalized spacial score (nSPS) is 17.0. The zero-order chi connectivity index (χ0) is 15.3. The van der Waals surface area contributed by atoms with Gasteiger partial charge in [0.25, 0.3) is 0 Å². The highest BCUT2D eigenvalue weighted by Gasteiger charge is 2.18. The van der Waals surface area contributed by atoms with Gasteiger partial charge in [0, 0.05) is 32.7 Å². The van der Waals surface area contributed by atoms with Gasteiger partial charge in [-0.15, -0.1) is 0 Å². The van der Waals surface area contributed by atoms with Crippen LogP contribution in [0.15, 0.2) is 23.1 Å². The summed E-state index contributed by atoms with van der Waals surface area (Å²) in [5.41, 5.74) is 0.699. The van der Waals surface area contributed by atoms with Crippen molar-refractivity contribution >= 4 is 10.0 Å². The summed E-state index contributed by atoms with van der Waals surface area (Å²) in [6.07, 6.45) is 0.715. The third-order valence-electron chi connectivity index (χ3n) is 3.53. The van der Waals surface area contributed by atoms with Crippen LogP contribution in [-0.2, 0) is 10.0 Å². The molecule has 21 heavy (non-hydrogen) atoms. The number of aryl methyl sites for hydroxylation is 1. The molecule has 0 aliphatic carbocycles. The van der Waals surface area contributed by atoms with Crippen molar-refractivity contribution in [3.8, 4) is 0 Å². The van der Waals surface area contributed by atoms with E-state index in [0.29, 0.717) is 18.5 Å². The van der Waals surface area contributed by atoms with Gasteiger partial charge in [-0.1, -0.05) is 6.07 Å². The Kier molecular flexibility index (Phi) is 5.69. The molecule has 0 bridgehead atoms. The van der Waals surface area contributed by atoms with Crippen LogP contribution < -0.4 is 10.0 Å². The van der Waals surface area contributed by atoms with Crippen molar-refractivity contribution in [3.05, 3.63) is 29.6 Å². The fourth-order valence-electron chi connectivity index (χ4n) is 2.35. The van der Waals surface area contributed by atoms with E-state index in [4.69, 9.17) is 0 Å². The van der Waals surface area contributed by atoms with Gasteiger partial charge in [-0.05, 0) is 37.6 Å². The summed E-state index contributed by atoms with van der Waals surface area (Å²) in [7, 11) is -3.77. The highest BCUT2D eigenvalue weighted by atomic mass is 32.2. The molecule has 7 heteroatoms. The number of hydrogen-bond acceptors (Lipinski definition) is 4. The van der Waals surface area contributed by atoms with Crippen molar-refractivity contribution in [3.63, 3.8) is 0 Å². The van der Waals surface area contributed by atoms with E-state index in [2.05, 4.69) is 14.9 Å². The summed E-state index contributed by atoms with van der Waals surface area (Å²) < 4.78 is 40.3. The van der Waals surface area contributed by atoms with Crippen LogP contribution in [0.5, 0.6) is 0 Å². The van der Waals surface area contributed by atoms with Gasteiger partial charge < -0.3 is 10.2 Å². The molecule has 2 N–H and O–H groups in total. The van der Waals surface area contributed by atoms with E-state index in [1.807, 2.05) is 0 Å². The number of sulfonamides is 1. The first-order valence-electron chi connectivity index (χ1n) is 7.18. The third-order valence-corrected chi connectivity index (χ3v) is 5.02. The number of nitrogens with zero attached hydrogens (tertiary/aromatic N) is 1. The minimum Gasteiger partial charge on any atom is -0.314 e. The van der Waals surface area contributed by atoms with Crippen LogP contribution in [-0.4, -0.2) is 52.6 Å². The number of rotatable bonds is 6. The summed E-state index contributed by atoms with van der Waals surface area (Å²) in [6.45, 7) is 6.81. The molecule has 5 nitrogen and oxygen atoms in total. The molecule has 1 fully saturated rings. The Balaban J connectivity index is 1.83. The van der Waals surface area contributed by atoms with Crippen molar-refractivity contribution in [1.82, 2.24) is 14.9 Å². The van der Waals surface area contributed by atoms with Crippen LogP contribution in [0.25, 0.3) is 0 Å². The average molecular weight is 315 g/mol. The Morgan fingerprint density at radius 2 is 2.05 bits per heavy atom. The molecule has 1 saturated heterocycles. The van der Waals surface area contributed by atoms with E-state index in [-0.39, 0.29) is 4.90 Å². The van der Waals surface area contributed by atoms with Crippen molar-refractivity contribution in [2.75, 3.05) is 39.3 Å². The fraction of sp³-hybridized carbons (Fsp3) is 0.571. The zero-order valence-electron chi connectivity index (χ0n) is 12.2. The maximum absolute atomic E-state index is 13.7. The minimum atomic E-state index is -3.77. The summed E-state index contributed by atoms with van der Waals surface area (Å²) in [6, 6.07) is 4.14. The molecular weight excluding hydrogens is 293 g/mol. The Morgan fingerprint density at radius 1 is 1.33 bits per heavy atom. The maximum Gasteiger partial charge on any atom is 0.243 e. The molecule has 2 rings (SSSR count). The second-order valence-corrected chi connectivity index (χ2v) is 7.01. The van der Waals surface area contributed by atoms with E-state index in [0.717, 1.165) is 32.7 Å². The lowest BCUT2D eigenvalue weighted by Crippen LogP contribution is -2.44. The molecule has 0 unspecified atom stereocenters. The Morgan fingerprint density at radius 3 is 2.71 bits per heavy atom. The van der Waals surface area contributed by atoms with Gasteiger partial charge in [0.15, 0.2) is 0 Å². The summed E-state index contributed by atoms with van der Waals surface area (Å²) in [5, 5.41) is 3.27. The third kappa shape index (κ3) is 4.74. The second-order valence-electron chi connectivity index (χ2n) is 5.28. The van der Waals surface area contributed by atoms with E-state index in [9.17, 15) is 12.8 Å². The predicted molar refractivity (Wildman–Crippen MR) is 80.3 cm³/mol. The van der Waals surface area contributed by atoms with Crippen LogP contribution in [0, 0.1) is 12.7 Å². The van der Waals surface area contributed by atoms with E-state index in [1.165, 1.54) is 12.1 Å². The SMILES string of the molecule is Cc1ccc(S(=O)(=O)NCCCN2CCNCC2)c(F)c1. The predicted octanol–water partition coefficient (Wildman–Crippen LogP) is 0.708. The van der Waals surface area contributed by atoms with Gasteiger partial charge in [-0.2, -0.15) is 0 Å². The number of benzene rings is 1. The molecule has 1 aromatic carbocycles. The van der Waals surface area contributed by atoms with Gasteiger partial charge in [0.1, 0.15) is 10.7 Å². The van der Waals surface area contributed by atoms with Crippen LogP contribution in [0.2, 0.25) is 0 Å². The molecule has 1 aliphatic heterocycles. The number of piperazine rings is 1. The molecule has 0 saturated carbocycles. The maximum atomic E-state index is 13.7. The van der Waals surface area contributed by atoms with Crippen LogP contribution in [0.4, 0.5) is 4.39 Å². The largest absolute Gasteiger partial charge is 0.314 e. The molecule has 1 aliphatic rings. The minimum absolute atomic E-state index is 0.282. The van der Waals surface area contributed by atoms with Crippen molar-refractivity contribution in [1.29, 1.82) is 0 Å². The van der Waals surface area contributed by atoms with Crippen LogP contribution in [0.1, 0.15) is 12.0 Å². The average Bonchev–Trinajstić information content (AvgIpc) is 2.44. The number of nitrogens with one attached hydrogen (secondary N) is 2. The Bertz CT molecular complexity index is 572. The quantitative estimate of drug-likeness (QED) is 0.759. The molecule has 1 heterocycles. The molecule has 0 radical (unpaired) electrons. The first-order chi connectivity index (χ1) is 9.99. The monoisotopic (exact) mass is 315 g/mol. The summed E-state index contributed by atoms with van der Waals surface area (Å²) in [5.74, 6) is -0.704. The van der Waals surface area contributed by atoms with Crippen LogP contribution in [0.3, 0.4) is 0 Å². The first-order valence-corrected chi connectivity index (χ1v) is 8.66. The molecular formula is C14H22FN3O2S. The number of hydrogen-bond donors (Lipinski definition) is 2. The van der Waals surface area contributed by atoms with Gasteiger partial charge in [-0.3, -0.25) is 0 Å². The lowest BCUT2D eigenvalue weighted by Gasteiger charge is -2.27. The second kappa shape index (κ2) is 7.31. The number of halogens is 1. The molecule has 1 aromatic rings. The summed E-state index contributed by atoms with van der Waals surface area (Å²) in [4.78, 5) is 2.01. The molecule has 0 amide bonds. The smallest absolute Gasteiger partial charge is 0.243 e. The highest BCUT2D eigenvalue weighted by molar-refractivity contribution is 7.89. The van der Waals surface area contributed by atoms with E-state index in [1.54, 1.807) is 13.0 Å². The molecule has 118 valence electrons. The van der Waals surface area contributed by atoms with E-state index >= 15 is 0 Å². The van der Waals surface area contributed by atoms with Crippen molar-refractivity contribution in [2.24, 2.45) is 0 Å². The molecule has 0 aromatic heterocycles. The van der Waals surface area contributed by atoms with Gasteiger partial charge >= 0.3 is 0 Å². The molecule has 0 spiro atoms. The lowest BCUT2D eigenvalue weighted by molar-refractivity contribution is 0.239. The van der Waals surface area contributed by atoms with Gasteiger partial charge in [-0.25, -0.2) is 17.5 Å². The summed E-state index contributed by atoms with van der Waals surface area (Å²) >= 11 is 0. The first kappa shape index (κ1) is 16.4.